The largest absolute Gasteiger partial charge is 0.493 e. The molecule has 0 aliphatic carbocycles. The number of aromatic nitrogens is 1. The van der Waals surface area contributed by atoms with E-state index in [4.69, 9.17) is 9.84 Å². The van der Waals surface area contributed by atoms with Crippen molar-refractivity contribution in [2.75, 3.05) is 6.61 Å². The standard InChI is InChI=1S/C18H12N2O3/c19-9-13-10-20(14-3-1-11(2-4-14)18(21)22)16-8-17-12(5-6-23-17)7-15(13)16/h1-4,7-8,10H,5-6H2,(H,21,22). The maximum Gasteiger partial charge on any atom is 0.335 e. The van der Waals surface area contributed by atoms with E-state index in [0.717, 1.165) is 34.3 Å². The molecule has 23 heavy (non-hydrogen) atoms. The smallest absolute Gasteiger partial charge is 0.335 e. The van der Waals surface area contributed by atoms with Gasteiger partial charge in [-0.05, 0) is 35.9 Å². The van der Waals surface area contributed by atoms with E-state index in [9.17, 15) is 10.1 Å². The zero-order chi connectivity index (χ0) is 16.0. The predicted octanol–water partition coefficient (Wildman–Crippen LogP) is 3.14. The molecule has 0 radical (unpaired) electrons. The number of ether oxygens (including phenoxy) is 1. The van der Waals surface area contributed by atoms with Crippen molar-refractivity contribution < 1.29 is 14.6 Å². The molecule has 1 aliphatic rings. The van der Waals surface area contributed by atoms with Crippen LogP contribution in [0.5, 0.6) is 5.75 Å². The molecule has 0 saturated carbocycles. The van der Waals surface area contributed by atoms with Gasteiger partial charge >= 0.3 is 5.97 Å². The monoisotopic (exact) mass is 304 g/mol. The maximum absolute atomic E-state index is 11.0. The minimum atomic E-state index is -0.960. The van der Waals surface area contributed by atoms with Crippen LogP contribution in [-0.4, -0.2) is 22.2 Å². The molecule has 2 aromatic carbocycles. The highest BCUT2D eigenvalue weighted by Gasteiger charge is 2.18. The van der Waals surface area contributed by atoms with Gasteiger partial charge in [-0.15, -0.1) is 0 Å². The van der Waals surface area contributed by atoms with Crippen molar-refractivity contribution >= 4 is 16.9 Å². The van der Waals surface area contributed by atoms with Gasteiger partial charge in [0.2, 0.25) is 0 Å². The Hall–Kier alpha value is -3.26. The molecule has 112 valence electrons. The Bertz CT molecular complexity index is 978. The molecule has 0 unspecified atom stereocenters. The first kappa shape index (κ1) is 13.4. The van der Waals surface area contributed by atoms with E-state index in [2.05, 4.69) is 6.07 Å². The minimum Gasteiger partial charge on any atom is -0.493 e. The van der Waals surface area contributed by atoms with Gasteiger partial charge in [-0.3, -0.25) is 0 Å². The number of hydrogen-bond acceptors (Lipinski definition) is 3. The van der Waals surface area contributed by atoms with E-state index >= 15 is 0 Å². The summed E-state index contributed by atoms with van der Waals surface area (Å²) in [6.07, 6.45) is 2.63. The first-order valence-corrected chi connectivity index (χ1v) is 7.22. The second-order valence-electron chi connectivity index (χ2n) is 5.45. The summed E-state index contributed by atoms with van der Waals surface area (Å²) in [6, 6.07) is 12.8. The number of carbonyl (C=O) groups is 1. The summed E-state index contributed by atoms with van der Waals surface area (Å²) >= 11 is 0. The van der Waals surface area contributed by atoms with Gasteiger partial charge < -0.3 is 14.4 Å². The second-order valence-corrected chi connectivity index (χ2v) is 5.45. The highest BCUT2D eigenvalue weighted by molar-refractivity contribution is 5.91. The number of hydrogen-bond donors (Lipinski definition) is 1. The Balaban J connectivity index is 1.93. The summed E-state index contributed by atoms with van der Waals surface area (Å²) in [6.45, 7) is 0.664. The fourth-order valence-corrected chi connectivity index (χ4v) is 2.97. The van der Waals surface area contributed by atoms with Crippen LogP contribution in [0.25, 0.3) is 16.6 Å². The van der Waals surface area contributed by atoms with Gasteiger partial charge in [0.05, 0.1) is 23.3 Å². The summed E-state index contributed by atoms with van der Waals surface area (Å²) < 4.78 is 7.51. The number of aromatic carboxylic acids is 1. The van der Waals surface area contributed by atoms with E-state index in [1.165, 1.54) is 0 Å². The van der Waals surface area contributed by atoms with Crippen molar-refractivity contribution in [3.05, 3.63) is 59.3 Å². The lowest BCUT2D eigenvalue weighted by molar-refractivity contribution is 0.0697. The molecule has 0 amide bonds. The molecule has 3 aromatic rings. The van der Waals surface area contributed by atoms with Crippen molar-refractivity contribution in [3.8, 4) is 17.5 Å². The van der Waals surface area contributed by atoms with Crippen LogP contribution in [0.2, 0.25) is 0 Å². The van der Waals surface area contributed by atoms with Gasteiger partial charge in [-0.25, -0.2) is 4.79 Å². The first-order valence-electron chi connectivity index (χ1n) is 7.22. The summed E-state index contributed by atoms with van der Waals surface area (Å²) in [5.74, 6) is -0.110. The lowest BCUT2D eigenvalue weighted by Gasteiger charge is -2.07. The van der Waals surface area contributed by atoms with Crippen LogP contribution in [0.15, 0.2) is 42.6 Å². The summed E-state index contributed by atoms with van der Waals surface area (Å²) in [4.78, 5) is 11.0. The lowest BCUT2D eigenvalue weighted by Crippen LogP contribution is -1.97. The summed E-state index contributed by atoms with van der Waals surface area (Å²) in [5, 5.41) is 19.3. The molecule has 2 heterocycles. The maximum atomic E-state index is 11.0. The highest BCUT2D eigenvalue weighted by atomic mass is 16.5. The van der Waals surface area contributed by atoms with Crippen molar-refractivity contribution in [2.24, 2.45) is 0 Å². The van der Waals surface area contributed by atoms with E-state index in [1.807, 2.05) is 16.7 Å². The normalized spacial score (nSPS) is 12.7. The molecule has 0 atom stereocenters. The quantitative estimate of drug-likeness (QED) is 0.789. The van der Waals surface area contributed by atoms with Crippen LogP contribution in [0, 0.1) is 11.3 Å². The van der Waals surface area contributed by atoms with Crippen LogP contribution >= 0.6 is 0 Å². The van der Waals surface area contributed by atoms with Crippen LogP contribution in [-0.2, 0) is 6.42 Å². The van der Waals surface area contributed by atoms with Crippen LogP contribution in [0.3, 0.4) is 0 Å². The molecule has 1 N–H and O–H groups in total. The second kappa shape index (κ2) is 4.89. The van der Waals surface area contributed by atoms with E-state index < -0.39 is 5.97 Å². The van der Waals surface area contributed by atoms with Crippen LogP contribution < -0.4 is 4.74 Å². The number of nitrogens with zero attached hydrogens (tertiary/aromatic N) is 2. The topological polar surface area (TPSA) is 75.2 Å². The third-order valence-corrected chi connectivity index (χ3v) is 4.13. The Morgan fingerprint density at radius 3 is 2.74 bits per heavy atom. The molecule has 5 nitrogen and oxygen atoms in total. The zero-order valence-electron chi connectivity index (χ0n) is 12.1. The molecule has 1 aliphatic heterocycles. The average Bonchev–Trinajstić information content (AvgIpc) is 3.16. The fraction of sp³-hybridized carbons (Fsp3) is 0.111. The first-order chi connectivity index (χ1) is 11.2. The van der Waals surface area contributed by atoms with Crippen molar-refractivity contribution in [1.29, 1.82) is 5.26 Å². The predicted molar refractivity (Wildman–Crippen MR) is 84.1 cm³/mol. The average molecular weight is 304 g/mol. The number of carboxylic acids is 1. The number of nitriles is 1. The van der Waals surface area contributed by atoms with Crippen molar-refractivity contribution in [1.82, 2.24) is 4.57 Å². The molecule has 0 bridgehead atoms. The van der Waals surface area contributed by atoms with Crippen LogP contribution in [0.4, 0.5) is 0 Å². The molecule has 4 rings (SSSR count). The minimum absolute atomic E-state index is 0.231. The third-order valence-electron chi connectivity index (χ3n) is 4.13. The van der Waals surface area contributed by atoms with Gasteiger partial charge in [0.25, 0.3) is 0 Å². The van der Waals surface area contributed by atoms with E-state index in [1.54, 1.807) is 30.5 Å². The summed E-state index contributed by atoms with van der Waals surface area (Å²) in [5.41, 5.74) is 3.63. The molecule has 0 spiro atoms. The van der Waals surface area contributed by atoms with Crippen molar-refractivity contribution in [3.63, 3.8) is 0 Å². The van der Waals surface area contributed by atoms with Gasteiger partial charge in [-0.1, -0.05) is 0 Å². The van der Waals surface area contributed by atoms with Gasteiger partial charge in [0.1, 0.15) is 11.8 Å². The molecule has 0 saturated heterocycles. The molecule has 5 heteroatoms. The van der Waals surface area contributed by atoms with Gasteiger partial charge in [0, 0.05) is 29.8 Å². The van der Waals surface area contributed by atoms with E-state index in [0.29, 0.717) is 12.2 Å². The Kier molecular flexibility index (Phi) is 2.85. The Labute approximate surface area is 132 Å². The summed E-state index contributed by atoms with van der Waals surface area (Å²) in [7, 11) is 0. The van der Waals surface area contributed by atoms with E-state index in [-0.39, 0.29) is 5.56 Å². The van der Waals surface area contributed by atoms with Gasteiger partial charge in [-0.2, -0.15) is 5.26 Å². The number of rotatable bonds is 2. The Morgan fingerprint density at radius 1 is 1.26 bits per heavy atom. The van der Waals surface area contributed by atoms with Gasteiger partial charge in [0.15, 0.2) is 0 Å². The number of carboxylic acid groups (broad SMARTS) is 1. The molecular formula is C18H12N2O3. The van der Waals surface area contributed by atoms with Crippen LogP contribution in [0.1, 0.15) is 21.5 Å². The molecule has 0 fully saturated rings. The van der Waals surface area contributed by atoms with Crippen molar-refractivity contribution in [2.45, 2.75) is 6.42 Å². The zero-order valence-corrected chi connectivity index (χ0v) is 12.1. The fourth-order valence-electron chi connectivity index (χ4n) is 2.97. The molecule has 1 aromatic heterocycles. The highest BCUT2D eigenvalue weighted by Crippen LogP contribution is 2.34. The molecular weight excluding hydrogens is 292 g/mol. The SMILES string of the molecule is N#Cc1cn(-c2ccc(C(=O)O)cc2)c2cc3c(cc12)CCO3. The number of benzene rings is 2. The Morgan fingerprint density at radius 2 is 2.04 bits per heavy atom. The third kappa shape index (κ3) is 2.04. The number of fused-ring (bicyclic) bond motifs is 2. The lowest BCUT2D eigenvalue weighted by atomic mass is 10.1.